The van der Waals surface area contributed by atoms with Gasteiger partial charge in [-0.05, 0) is 48.3 Å². The van der Waals surface area contributed by atoms with E-state index in [1.807, 2.05) is 13.8 Å². The fraction of sp³-hybridized carbons (Fsp3) is 0.765. The van der Waals surface area contributed by atoms with E-state index < -0.39 is 22.4 Å². The third kappa shape index (κ3) is 10.6. The van der Waals surface area contributed by atoms with E-state index >= 15 is 0 Å². The third-order valence-electron chi connectivity index (χ3n) is 9.08. The molecule has 0 heterocycles. The summed E-state index contributed by atoms with van der Waals surface area (Å²) in [7, 11) is 0. The van der Waals surface area contributed by atoms with Crippen LogP contribution in [-0.4, -0.2) is 44.5 Å². The molecule has 0 spiro atoms. The van der Waals surface area contributed by atoms with Crippen molar-refractivity contribution in [1.29, 1.82) is 0 Å². The van der Waals surface area contributed by atoms with Crippen LogP contribution in [0.3, 0.4) is 0 Å². The van der Waals surface area contributed by atoms with Gasteiger partial charge in [0.15, 0.2) is 0 Å². The first-order valence-electron chi connectivity index (χ1n) is 15.6. The van der Waals surface area contributed by atoms with Crippen molar-refractivity contribution in [3.63, 3.8) is 0 Å². The van der Waals surface area contributed by atoms with Crippen LogP contribution >= 0.6 is 23.5 Å². The Labute approximate surface area is 262 Å². The summed E-state index contributed by atoms with van der Waals surface area (Å²) in [5.74, 6) is -1.81. The number of aliphatic carboxylic acids is 2. The van der Waals surface area contributed by atoms with Crippen LogP contribution in [0.2, 0.25) is 0 Å². The van der Waals surface area contributed by atoms with Gasteiger partial charge in [-0.3, -0.25) is 9.59 Å². The quantitative estimate of drug-likeness (QED) is 0.156. The van der Waals surface area contributed by atoms with Crippen molar-refractivity contribution in [2.24, 2.45) is 34.5 Å². The van der Waals surface area contributed by atoms with E-state index in [9.17, 15) is 29.4 Å². The molecule has 0 bridgehead atoms. The molecule has 6 nitrogen and oxygen atoms in total. The van der Waals surface area contributed by atoms with Gasteiger partial charge in [-0.1, -0.05) is 92.5 Å². The molecule has 238 valence electrons. The van der Waals surface area contributed by atoms with Gasteiger partial charge in [-0.15, -0.1) is 23.5 Å². The summed E-state index contributed by atoms with van der Waals surface area (Å²) < 4.78 is 0. The van der Waals surface area contributed by atoms with Crippen LogP contribution in [-0.2, 0) is 19.2 Å². The number of hydrogen-bond acceptors (Lipinski definition) is 8. The second kappa shape index (κ2) is 16.0. The molecule has 42 heavy (non-hydrogen) atoms. The van der Waals surface area contributed by atoms with Gasteiger partial charge < -0.3 is 19.8 Å². The minimum absolute atomic E-state index is 0.0851. The maximum atomic E-state index is 13.2. The van der Waals surface area contributed by atoms with E-state index in [-0.39, 0.29) is 56.6 Å². The molecule has 2 aliphatic rings. The standard InChI is InChI=1S/C34H54O6S2/c1-21-13-11-17-33(5,6)29(21)25(35)19-23(3)41-27(31(37)38)15-9-10-16-28(32(39)40)42-24(4)20-26(36)30-22(2)14-12-18-34(30,7)8/h11-14,21-24,27-30H,9-10,15-20H2,1-8H3,(H,37,38)(H,39,40)/p-2/t21?,22?,23?,24?,27-,28+,29?,30?. The highest BCUT2D eigenvalue weighted by Gasteiger charge is 2.40. The number of carboxylic acids is 2. The van der Waals surface area contributed by atoms with Gasteiger partial charge in [0.1, 0.15) is 11.6 Å². The molecule has 0 amide bonds. The summed E-state index contributed by atoms with van der Waals surface area (Å²) in [4.78, 5) is 50.1. The topological polar surface area (TPSA) is 114 Å². The molecular weight excluding hydrogens is 569 g/mol. The Bertz CT molecular complexity index is 936. The Morgan fingerprint density at radius 1 is 0.714 bits per heavy atom. The molecule has 6 unspecified atom stereocenters. The lowest BCUT2D eigenvalue weighted by Gasteiger charge is -2.39. The van der Waals surface area contributed by atoms with Crippen molar-refractivity contribution < 1.29 is 29.4 Å². The van der Waals surface area contributed by atoms with Crippen molar-refractivity contribution in [3.8, 4) is 0 Å². The average molecular weight is 621 g/mol. The minimum atomic E-state index is -1.15. The van der Waals surface area contributed by atoms with Crippen LogP contribution in [0.15, 0.2) is 24.3 Å². The Kier molecular flexibility index (Phi) is 13.9. The first-order valence-corrected chi connectivity index (χ1v) is 17.5. The Morgan fingerprint density at radius 2 is 1.05 bits per heavy atom. The number of carbonyl (C=O) groups excluding carboxylic acids is 4. The Hall–Kier alpha value is -1.54. The van der Waals surface area contributed by atoms with Crippen molar-refractivity contribution in [2.45, 2.75) is 128 Å². The van der Waals surface area contributed by atoms with E-state index in [1.54, 1.807) is 0 Å². The van der Waals surface area contributed by atoms with E-state index in [2.05, 4.69) is 65.8 Å². The van der Waals surface area contributed by atoms with Gasteiger partial charge in [-0.25, -0.2) is 0 Å². The van der Waals surface area contributed by atoms with Gasteiger partial charge >= 0.3 is 0 Å². The van der Waals surface area contributed by atoms with Gasteiger partial charge in [0.05, 0.1) is 11.9 Å². The molecule has 2 rings (SSSR count). The zero-order valence-electron chi connectivity index (χ0n) is 26.9. The molecule has 8 atom stereocenters. The monoisotopic (exact) mass is 620 g/mol. The smallest absolute Gasteiger partial charge is 0.138 e. The van der Waals surface area contributed by atoms with E-state index in [0.717, 1.165) is 12.8 Å². The number of carboxylic acid groups (broad SMARTS) is 2. The predicted octanol–water partition coefficient (Wildman–Crippen LogP) is 5.42. The van der Waals surface area contributed by atoms with Crippen LogP contribution in [0.25, 0.3) is 0 Å². The van der Waals surface area contributed by atoms with Crippen LogP contribution in [0, 0.1) is 34.5 Å². The van der Waals surface area contributed by atoms with Gasteiger partial charge in [0, 0.05) is 45.7 Å². The SMILES string of the molecule is CC(CC(=O)C1C(C)C=CCC1(C)C)S[C@@H](CCCC[C@@H](SC(C)CC(=O)C1C(C)C=CCC1(C)C)C(=O)[O-])C(=O)[O-]. The summed E-state index contributed by atoms with van der Waals surface area (Å²) in [6, 6.07) is 0. The maximum Gasteiger partial charge on any atom is 0.138 e. The fourth-order valence-corrected chi connectivity index (χ4v) is 9.62. The number of unbranched alkanes of at least 4 members (excludes halogenated alkanes) is 1. The largest absolute Gasteiger partial charge is 0.549 e. The normalized spacial score (nSPS) is 27.5. The van der Waals surface area contributed by atoms with E-state index in [4.69, 9.17) is 0 Å². The van der Waals surface area contributed by atoms with Crippen molar-refractivity contribution >= 4 is 47.0 Å². The summed E-state index contributed by atoms with van der Waals surface area (Å²) in [5, 5.41) is 21.9. The highest BCUT2D eigenvalue weighted by atomic mass is 32.2. The first-order chi connectivity index (χ1) is 19.5. The molecular formula is C34H52O6S2-2. The minimum Gasteiger partial charge on any atom is -0.549 e. The molecule has 0 aromatic heterocycles. The van der Waals surface area contributed by atoms with Crippen LogP contribution in [0.4, 0.5) is 0 Å². The molecule has 2 aliphatic carbocycles. The second-order valence-electron chi connectivity index (χ2n) is 14.0. The van der Waals surface area contributed by atoms with Crippen molar-refractivity contribution in [2.75, 3.05) is 0 Å². The number of hydrogen-bond donors (Lipinski definition) is 0. The second-order valence-corrected chi connectivity index (χ2v) is 17.3. The molecule has 0 aromatic carbocycles. The lowest BCUT2D eigenvalue weighted by molar-refractivity contribution is -0.306. The third-order valence-corrected chi connectivity index (χ3v) is 11.9. The fourth-order valence-electron chi connectivity index (χ4n) is 7.15. The molecule has 0 saturated carbocycles. The van der Waals surface area contributed by atoms with Gasteiger partial charge in [0.25, 0.3) is 0 Å². The van der Waals surface area contributed by atoms with E-state index in [0.29, 0.717) is 38.5 Å². The van der Waals surface area contributed by atoms with Crippen molar-refractivity contribution in [1.82, 2.24) is 0 Å². The lowest BCUT2D eigenvalue weighted by atomic mass is 9.65. The predicted molar refractivity (Wildman–Crippen MR) is 170 cm³/mol. The molecule has 0 fully saturated rings. The van der Waals surface area contributed by atoms with Gasteiger partial charge in [0.2, 0.25) is 0 Å². The number of carbonyl (C=O) groups is 4. The van der Waals surface area contributed by atoms with Crippen LogP contribution < -0.4 is 10.2 Å². The number of ketones is 2. The molecule has 8 heteroatoms. The molecule has 0 aromatic rings. The van der Waals surface area contributed by atoms with E-state index in [1.165, 1.54) is 23.5 Å². The summed E-state index contributed by atoms with van der Waals surface area (Å²) >= 11 is 2.53. The maximum absolute atomic E-state index is 13.2. The first kappa shape index (κ1) is 36.7. The lowest BCUT2D eigenvalue weighted by Crippen LogP contribution is -2.39. The molecule has 0 saturated heterocycles. The average Bonchev–Trinajstić information content (AvgIpc) is 2.83. The number of Topliss-reactive ketones (excluding diaryl/α,β-unsaturated/α-hetero) is 2. The number of allylic oxidation sites excluding steroid dienone is 4. The zero-order valence-corrected chi connectivity index (χ0v) is 28.5. The summed E-state index contributed by atoms with van der Waals surface area (Å²) in [6.45, 7) is 16.4. The number of rotatable bonds is 17. The Morgan fingerprint density at radius 3 is 1.33 bits per heavy atom. The molecule has 0 radical (unpaired) electrons. The Balaban J connectivity index is 1.84. The van der Waals surface area contributed by atoms with Crippen LogP contribution in [0.5, 0.6) is 0 Å². The highest BCUT2D eigenvalue weighted by Crippen LogP contribution is 2.43. The van der Waals surface area contributed by atoms with Gasteiger partial charge in [-0.2, -0.15) is 0 Å². The van der Waals surface area contributed by atoms with Crippen molar-refractivity contribution in [3.05, 3.63) is 24.3 Å². The summed E-state index contributed by atoms with van der Waals surface area (Å²) in [6.07, 6.45) is 12.6. The summed E-state index contributed by atoms with van der Waals surface area (Å²) in [5.41, 5.74) is -0.242. The molecule has 0 N–H and O–H groups in total. The molecule has 0 aliphatic heterocycles. The highest BCUT2D eigenvalue weighted by molar-refractivity contribution is 8.01. The van der Waals surface area contributed by atoms with Crippen LogP contribution in [0.1, 0.15) is 107 Å². The zero-order chi connectivity index (χ0) is 31.8. The number of thioether (sulfide) groups is 2.